The first-order chi connectivity index (χ1) is 9.63. The molecule has 0 saturated heterocycles. The van der Waals surface area contributed by atoms with E-state index in [4.69, 9.17) is 22.1 Å². The molecule has 2 aromatic carbocycles. The summed E-state index contributed by atoms with van der Waals surface area (Å²) in [5.41, 5.74) is 8.15. The number of rotatable bonds is 6. The van der Waals surface area contributed by atoms with Gasteiger partial charge in [-0.1, -0.05) is 35.9 Å². The molecule has 0 fully saturated rings. The SMILES string of the molecule is CC(N)CCc1cccc(OCc2ccc(Cl)cc2)c1. The van der Waals surface area contributed by atoms with Gasteiger partial charge in [0.15, 0.2) is 0 Å². The first-order valence-corrected chi connectivity index (χ1v) is 7.23. The molecule has 2 N–H and O–H groups in total. The van der Waals surface area contributed by atoms with Crippen molar-refractivity contribution in [3.63, 3.8) is 0 Å². The molecule has 2 rings (SSSR count). The summed E-state index contributed by atoms with van der Waals surface area (Å²) >= 11 is 5.86. The van der Waals surface area contributed by atoms with Crippen LogP contribution in [0.2, 0.25) is 5.02 Å². The van der Waals surface area contributed by atoms with Crippen molar-refractivity contribution in [2.24, 2.45) is 5.73 Å². The summed E-state index contributed by atoms with van der Waals surface area (Å²) in [7, 11) is 0. The van der Waals surface area contributed by atoms with Gasteiger partial charge in [0.2, 0.25) is 0 Å². The highest BCUT2D eigenvalue weighted by Crippen LogP contribution is 2.17. The molecule has 0 aromatic heterocycles. The normalized spacial score (nSPS) is 12.2. The van der Waals surface area contributed by atoms with Crippen molar-refractivity contribution >= 4 is 11.6 Å². The summed E-state index contributed by atoms with van der Waals surface area (Å²) in [6.07, 6.45) is 1.97. The maximum atomic E-state index is 5.86. The molecule has 0 spiro atoms. The molecule has 0 heterocycles. The van der Waals surface area contributed by atoms with Gasteiger partial charge in [-0.05, 0) is 55.2 Å². The number of halogens is 1. The standard InChI is InChI=1S/C17H20ClNO/c1-13(19)5-6-14-3-2-4-17(11-14)20-12-15-7-9-16(18)10-8-15/h2-4,7-11,13H,5-6,12,19H2,1H3. The fourth-order valence-corrected chi connectivity index (χ4v) is 2.06. The lowest BCUT2D eigenvalue weighted by Crippen LogP contribution is -2.15. The Hall–Kier alpha value is -1.51. The van der Waals surface area contributed by atoms with Crippen LogP contribution < -0.4 is 10.5 Å². The van der Waals surface area contributed by atoms with Gasteiger partial charge in [0.25, 0.3) is 0 Å². The van der Waals surface area contributed by atoms with E-state index in [1.54, 1.807) is 0 Å². The number of benzene rings is 2. The van der Waals surface area contributed by atoms with E-state index in [1.165, 1.54) is 5.56 Å². The molecule has 0 aliphatic carbocycles. The quantitative estimate of drug-likeness (QED) is 0.865. The van der Waals surface area contributed by atoms with E-state index >= 15 is 0 Å². The molecular weight excluding hydrogens is 270 g/mol. The molecule has 2 nitrogen and oxygen atoms in total. The second kappa shape index (κ2) is 7.32. The third-order valence-corrected chi connectivity index (χ3v) is 3.36. The van der Waals surface area contributed by atoms with Crippen molar-refractivity contribution in [1.29, 1.82) is 0 Å². The highest BCUT2D eigenvalue weighted by molar-refractivity contribution is 6.30. The minimum atomic E-state index is 0.230. The maximum absolute atomic E-state index is 5.86. The van der Waals surface area contributed by atoms with E-state index in [1.807, 2.05) is 43.3 Å². The van der Waals surface area contributed by atoms with Crippen LogP contribution in [0, 0.1) is 0 Å². The molecule has 0 amide bonds. The number of ether oxygens (including phenoxy) is 1. The molecule has 0 aliphatic heterocycles. The molecule has 0 radical (unpaired) electrons. The Kier molecular flexibility index (Phi) is 5.45. The van der Waals surface area contributed by atoms with Gasteiger partial charge in [0.1, 0.15) is 12.4 Å². The lowest BCUT2D eigenvalue weighted by atomic mass is 10.1. The third kappa shape index (κ3) is 4.87. The van der Waals surface area contributed by atoms with Crippen LogP contribution >= 0.6 is 11.6 Å². The van der Waals surface area contributed by atoms with Gasteiger partial charge in [-0.25, -0.2) is 0 Å². The Labute approximate surface area is 125 Å². The number of aryl methyl sites for hydroxylation is 1. The number of nitrogens with two attached hydrogens (primary N) is 1. The smallest absolute Gasteiger partial charge is 0.120 e. The van der Waals surface area contributed by atoms with E-state index < -0.39 is 0 Å². The third-order valence-electron chi connectivity index (χ3n) is 3.11. The average Bonchev–Trinajstić information content (AvgIpc) is 2.45. The van der Waals surface area contributed by atoms with Gasteiger partial charge in [-0.2, -0.15) is 0 Å². The highest BCUT2D eigenvalue weighted by atomic mass is 35.5. The average molecular weight is 290 g/mol. The Morgan fingerprint density at radius 3 is 2.55 bits per heavy atom. The molecular formula is C17H20ClNO. The van der Waals surface area contributed by atoms with Gasteiger partial charge in [-0.3, -0.25) is 0 Å². The van der Waals surface area contributed by atoms with Crippen LogP contribution in [-0.2, 0) is 13.0 Å². The van der Waals surface area contributed by atoms with Gasteiger partial charge >= 0.3 is 0 Å². The predicted molar refractivity (Wildman–Crippen MR) is 84.2 cm³/mol. The fraction of sp³-hybridized carbons (Fsp3) is 0.294. The van der Waals surface area contributed by atoms with Crippen LogP contribution in [-0.4, -0.2) is 6.04 Å². The molecule has 2 aromatic rings. The lowest BCUT2D eigenvalue weighted by Gasteiger charge is -2.09. The first-order valence-electron chi connectivity index (χ1n) is 6.85. The molecule has 0 aliphatic rings. The van der Waals surface area contributed by atoms with Crippen LogP contribution in [0.15, 0.2) is 48.5 Å². The zero-order chi connectivity index (χ0) is 14.4. The molecule has 0 saturated carbocycles. The van der Waals surface area contributed by atoms with Crippen LogP contribution in [0.5, 0.6) is 5.75 Å². The topological polar surface area (TPSA) is 35.2 Å². The van der Waals surface area contributed by atoms with E-state index in [0.29, 0.717) is 6.61 Å². The zero-order valence-electron chi connectivity index (χ0n) is 11.7. The van der Waals surface area contributed by atoms with Gasteiger partial charge in [0, 0.05) is 11.1 Å². The molecule has 20 heavy (non-hydrogen) atoms. The summed E-state index contributed by atoms with van der Waals surface area (Å²) in [4.78, 5) is 0. The predicted octanol–water partition coefficient (Wildman–Crippen LogP) is 4.20. The number of hydrogen-bond donors (Lipinski definition) is 1. The Morgan fingerprint density at radius 2 is 1.85 bits per heavy atom. The van der Waals surface area contributed by atoms with Gasteiger partial charge in [-0.15, -0.1) is 0 Å². The molecule has 106 valence electrons. The van der Waals surface area contributed by atoms with Crippen LogP contribution in [0.25, 0.3) is 0 Å². The van der Waals surface area contributed by atoms with Crippen molar-refractivity contribution in [1.82, 2.24) is 0 Å². The minimum Gasteiger partial charge on any atom is -0.489 e. The fourth-order valence-electron chi connectivity index (χ4n) is 1.93. The second-order valence-corrected chi connectivity index (χ2v) is 5.51. The zero-order valence-corrected chi connectivity index (χ0v) is 12.4. The first kappa shape index (κ1) is 14.9. The summed E-state index contributed by atoms with van der Waals surface area (Å²) < 4.78 is 5.81. The van der Waals surface area contributed by atoms with Crippen LogP contribution in [0.4, 0.5) is 0 Å². The Balaban J connectivity index is 1.92. The van der Waals surface area contributed by atoms with E-state index in [-0.39, 0.29) is 6.04 Å². The lowest BCUT2D eigenvalue weighted by molar-refractivity contribution is 0.306. The summed E-state index contributed by atoms with van der Waals surface area (Å²) in [5, 5.41) is 0.742. The van der Waals surface area contributed by atoms with Crippen molar-refractivity contribution in [2.45, 2.75) is 32.4 Å². The molecule has 1 atom stereocenters. The van der Waals surface area contributed by atoms with Crippen molar-refractivity contribution in [3.8, 4) is 5.75 Å². The Morgan fingerprint density at radius 1 is 1.10 bits per heavy atom. The molecule has 1 unspecified atom stereocenters. The van der Waals surface area contributed by atoms with Crippen molar-refractivity contribution < 1.29 is 4.74 Å². The van der Waals surface area contributed by atoms with Crippen molar-refractivity contribution in [3.05, 3.63) is 64.7 Å². The van der Waals surface area contributed by atoms with E-state index in [0.717, 1.165) is 29.2 Å². The monoisotopic (exact) mass is 289 g/mol. The van der Waals surface area contributed by atoms with Gasteiger partial charge < -0.3 is 10.5 Å². The summed E-state index contributed by atoms with van der Waals surface area (Å²) in [6.45, 7) is 2.58. The van der Waals surface area contributed by atoms with E-state index in [9.17, 15) is 0 Å². The minimum absolute atomic E-state index is 0.230. The highest BCUT2D eigenvalue weighted by Gasteiger charge is 2.00. The maximum Gasteiger partial charge on any atom is 0.120 e. The second-order valence-electron chi connectivity index (χ2n) is 5.08. The Bertz CT molecular complexity index is 537. The van der Waals surface area contributed by atoms with Crippen LogP contribution in [0.3, 0.4) is 0 Å². The summed E-state index contributed by atoms with van der Waals surface area (Å²) in [6, 6.07) is 16.1. The number of hydrogen-bond acceptors (Lipinski definition) is 2. The van der Waals surface area contributed by atoms with E-state index in [2.05, 4.69) is 12.1 Å². The molecule has 0 bridgehead atoms. The van der Waals surface area contributed by atoms with Crippen molar-refractivity contribution in [2.75, 3.05) is 0 Å². The molecule has 3 heteroatoms. The van der Waals surface area contributed by atoms with Gasteiger partial charge in [0.05, 0.1) is 0 Å². The van der Waals surface area contributed by atoms with Crippen LogP contribution in [0.1, 0.15) is 24.5 Å². The summed E-state index contributed by atoms with van der Waals surface area (Å²) in [5.74, 6) is 0.891. The largest absolute Gasteiger partial charge is 0.489 e.